The summed E-state index contributed by atoms with van der Waals surface area (Å²) in [4.78, 5) is 11.1. The lowest BCUT2D eigenvalue weighted by molar-refractivity contribution is 0.545. The molecular formula is C16H21BrN4. The number of halogens is 1. The molecule has 5 heteroatoms. The van der Waals surface area contributed by atoms with E-state index < -0.39 is 0 Å². The van der Waals surface area contributed by atoms with Crippen molar-refractivity contribution in [1.82, 2.24) is 9.97 Å². The minimum absolute atomic E-state index is 0.127. The topological polar surface area (TPSA) is 55.0 Å². The molecule has 0 unspecified atom stereocenters. The lowest BCUT2D eigenvalue weighted by atomic mass is 9.96. The standard InChI is InChI=1S/C16H21BrN4/c1-16(2,3)15-19-13(18)9-14(20-15)21(4)10-11-7-5-6-8-12(11)17/h5-9H,10H2,1-4H3,(H2,18,19,20). The third-order valence-corrected chi connectivity index (χ3v) is 3.93. The van der Waals surface area contributed by atoms with Gasteiger partial charge in [0.2, 0.25) is 0 Å². The molecule has 1 heterocycles. The molecule has 1 aromatic carbocycles. The van der Waals surface area contributed by atoms with Crippen molar-refractivity contribution >= 4 is 27.6 Å². The van der Waals surface area contributed by atoms with E-state index >= 15 is 0 Å². The summed E-state index contributed by atoms with van der Waals surface area (Å²) in [6.45, 7) is 7.00. The molecule has 0 aliphatic carbocycles. The highest BCUT2D eigenvalue weighted by Crippen LogP contribution is 2.24. The van der Waals surface area contributed by atoms with Crippen molar-refractivity contribution in [2.45, 2.75) is 32.7 Å². The minimum Gasteiger partial charge on any atom is -0.384 e. The van der Waals surface area contributed by atoms with Crippen LogP contribution < -0.4 is 10.6 Å². The van der Waals surface area contributed by atoms with E-state index in [1.807, 2.05) is 31.3 Å². The van der Waals surface area contributed by atoms with E-state index in [1.165, 1.54) is 5.56 Å². The Labute approximate surface area is 134 Å². The van der Waals surface area contributed by atoms with Gasteiger partial charge in [0.05, 0.1) is 0 Å². The second-order valence-corrected chi connectivity index (χ2v) is 7.03. The van der Waals surface area contributed by atoms with Gasteiger partial charge < -0.3 is 10.6 Å². The summed E-state index contributed by atoms with van der Waals surface area (Å²) in [5, 5.41) is 0. The van der Waals surface area contributed by atoms with Gasteiger partial charge in [-0.3, -0.25) is 0 Å². The van der Waals surface area contributed by atoms with Crippen LogP contribution in [0.5, 0.6) is 0 Å². The molecule has 0 aliphatic rings. The highest BCUT2D eigenvalue weighted by Gasteiger charge is 2.19. The molecule has 2 rings (SSSR count). The molecular weight excluding hydrogens is 328 g/mol. The molecule has 0 spiro atoms. The molecule has 0 saturated carbocycles. The van der Waals surface area contributed by atoms with Crippen LogP contribution in [0.3, 0.4) is 0 Å². The van der Waals surface area contributed by atoms with Crippen LogP contribution in [0.4, 0.5) is 11.6 Å². The smallest absolute Gasteiger partial charge is 0.138 e. The van der Waals surface area contributed by atoms with E-state index in [1.54, 1.807) is 0 Å². The number of anilines is 2. The van der Waals surface area contributed by atoms with Crippen molar-refractivity contribution in [3.05, 3.63) is 46.2 Å². The number of nitrogens with zero attached hydrogens (tertiary/aromatic N) is 3. The first-order chi connectivity index (χ1) is 9.77. The number of benzene rings is 1. The summed E-state index contributed by atoms with van der Waals surface area (Å²) in [5.41, 5.74) is 7.01. The van der Waals surface area contributed by atoms with Crippen molar-refractivity contribution < 1.29 is 0 Å². The first kappa shape index (κ1) is 15.8. The van der Waals surface area contributed by atoms with E-state index in [4.69, 9.17) is 5.73 Å². The quantitative estimate of drug-likeness (QED) is 0.917. The number of hydrogen-bond donors (Lipinski definition) is 1. The zero-order chi connectivity index (χ0) is 15.6. The average Bonchev–Trinajstić information content (AvgIpc) is 2.39. The van der Waals surface area contributed by atoms with E-state index in [0.717, 1.165) is 22.7 Å². The zero-order valence-electron chi connectivity index (χ0n) is 12.9. The fraction of sp³-hybridized carbons (Fsp3) is 0.375. The molecule has 4 nitrogen and oxygen atoms in total. The second kappa shape index (κ2) is 6.02. The lowest BCUT2D eigenvalue weighted by Gasteiger charge is -2.23. The van der Waals surface area contributed by atoms with Gasteiger partial charge >= 0.3 is 0 Å². The largest absolute Gasteiger partial charge is 0.384 e. The number of hydrogen-bond acceptors (Lipinski definition) is 4. The van der Waals surface area contributed by atoms with Crippen LogP contribution in [0.2, 0.25) is 0 Å². The Morgan fingerprint density at radius 2 is 1.86 bits per heavy atom. The van der Waals surface area contributed by atoms with Gasteiger partial charge in [-0.1, -0.05) is 54.9 Å². The van der Waals surface area contributed by atoms with Crippen LogP contribution in [0.25, 0.3) is 0 Å². The number of rotatable bonds is 3. The molecule has 0 saturated heterocycles. The number of nitrogens with two attached hydrogens (primary N) is 1. The molecule has 21 heavy (non-hydrogen) atoms. The average molecular weight is 349 g/mol. The third-order valence-electron chi connectivity index (χ3n) is 3.16. The van der Waals surface area contributed by atoms with Gasteiger partial charge in [0.1, 0.15) is 17.5 Å². The normalized spacial score (nSPS) is 11.5. The molecule has 0 radical (unpaired) electrons. The molecule has 0 fully saturated rings. The maximum atomic E-state index is 5.93. The van der Waals surface area contributed by atoms with Gasteiger partial charge in [-0.2, -0.15) is 0 Å². The predicted molar refractivity (Wildman–Crippen MR) is 91.4 cm³/mol. The molecule has 2 aromatic rings. The first-order valence-corrected chi connectivity index (χ1v) is 7.66. The molecule has 0 amide bonds. The summed E-state index contributed by atoms with van der Waals surface area (Å²) >= 11 is 3.57. The fourth-order valence-electron chi connectivity index (χ4n) is 1.95. The van der Waals surface area contributed by atoms with Crippen molar-refractivity contribution in [3.8, 4) is 0 Å². The molecule has 112 valence electrons. The Bertz CT molecular complexity index is 634. The van der Waals surface area contributed by atoms with Gasteiger partial charge in [0.15, 0.2) is 0 Å². The monoisotopic (exact) mass is 348 g/mol. The molecule has 0 bridgehead atoms. The fourth-order valence-corrected chi connectivity index (χ4v) is 2.36. The van der Waals surface area contributed by atoms with Crippen molar-refractivity contribution in [1.29, 1.82) is 0 Å². The Morgan fingerprint density at radius 1 is 1.19 bits per heavy atom. The molecule has 1 aromatic heterocycles. The highest BCUT2D eigenvalue weighted by atomic mass is 79.9. The number of nitrogen functional groups attached to an aromatic ring is 1. The van der Waals surface area contributed by atoms with Crippen LogP contribution in [-0.4, -0.2) is 17.0 Å². The van der Waals surface area contributed by atoms with E-state index in [2.05, 4.69) is 57.6 Å². The summed E-state index contributed by atoms with van der Waals surface area (Å²) in [5.74, 6) is 2.10. The van der Waals surface area contributed by atoms with Crippen LogP contribution >= 0.6 is 15.9 Å². The first-order valence-electron chi connectivity index (χ1n) is 6.87. The Hall–Kier alpha value is -1.62. The zero-order valence-corrected chi connectivity index (χ0v) is 14.5. The molecule has 2 N–H and O–H groups in total. The van der Waals surface area contributed by atoms with Crippen LogP contribution in [-0.2, 0) is 12.0 Å². The molecule has 0 atom stereocenters. The van der Waals surface area contributed by atoms with Gasteiger partial charge in [-0.05, 0) is 11.6 Å². The van der Waals surface area contributed by atoms with Crippen LogP contribution in [0, 0.1) is 0 Å². The van der Waals surface area contributed by atoms with E-state index in [9.17, 15) is 0 Å². The van der Waals surface area contributed by atoms with E-state index in [-0.39, 0.29) is 5.41 Å². The second-order valence-electron chi connectivity index (χ2n) is 6.17. The SMILES string of the molecule is CN(Cc1ccccc1Br)c1cc(N)nc(C(C)(C)C)n1. The van der Waals surface area contributed by atoms with Crippen molar-refractivity contribution in [2.24, 2.45) is 0 Å². The third kappa shape index (κ3) is 3.94. The van der Waals surface area contributed by atoms with Gasteiger partial charge in [0, 0.05) is 29.5 Å². The van der Waals surface area contributed by atoms with Crippen LogP contribution in [0.15, 0.2) is 34.8 Å². The van der Waals surface area contributed by atoms with Gasteiger partial charge in [-0.25, -0.2) is 9.97 Å². The van der Waals surface area contributed by atoms with Crippen molar-refractivity contribution in [3.63, 3.8) is 0 Å². The predicted octanol–water partition coefficient (Wildman–Crippen LogP) is 3.76. The maximum Gasteiger partial charge on any atom is 0.138 e. The van der Waals surface area contributed by atoms with Gasteiger partial charge in [0.25, 0.3) is 0 Å². The lowest BCUT2D eigenvalue weighted by Crippen LogP contribution is -2.23. The minimum atomic E-state index is -0.127. The van der Waals surface area contributed by atoms with Crippen LogP contribution in [0.1, 0.15) is 32.2 Å². The number of aromatic nitrogens is 2. The summed E-state index contributed by atoms with van der Waals surface area (Å²) in [7, 11) is 2.01. The molecule has 0 aliphatic heterocycles. The van der Waals surface area contributed by atoms with E-state index in [0.29, 0.717) is 5.82 Å². The van der Waals surface area contributed by atoms with Crippen molar-refractivity contribution in [2.75, 3.05) is 17.7 Å². The summed E-state index contributed by atoms with van der Waals surface area (Å²) in [6, 6.07) is 9.98. The Balaban J connectivity index is 2.29. The highest BCUT2D eigenvalue weighted by molar-refractivity contribution is 9.10. The summed E-state index contributed by atoms with van der Waals surface area (Å²) in [6.07, 6.45) is 0. The summed E-state index contributed by atoms with van der Waals surface area (Å²) < 4.78 is 1.09. The Morgan fingerprint density at radius 3 is 2.48 bits per heavy atom. The maximum absolute atomic E-state index is 5.93. The Kier molecular flexibility index (Phi) is 4.52. The van der Waals surface area contributed by atoms with Gasteiger partial charge in [-0.15, -0.1) is 0 Å².